The number of hydrogen-bond donors (Lipinski definition) is 0. The molecule has 0 saturated heterocycles. The molecule has 2 heteroatoms. The Kier molecular flexibility index (Phi) is 8.87. The van der Waals surface area contributed by atoms with E-state index in [4.69, 9.17) is 4.42 Å². The third-order valence-corrected chi connectivity index (χ3v) is 11.7. The highest BCUT2D eigenvalue weighted by molar-refractivity contribution is 6.23. The van der Waals surface area contributed by atoms with Crippen LogP contribution in [0.25, 0.3) is 88.3 Å². The van der Waals surface area contributed by atoms with E-state index in [2.05, 4.69) is 235 Å². The topological polar surface area (TPSA) is 16.4 Å². The van der Waals surface area contributed by atoms with Crippen LogP contribution in [0, 0.1) is 0 Å². The highest BCUT2D eigenvalue weighted by atomic mass is 16.3. The summed E-state index contributed by atoms with van der Waals surface area (Å²) < 4.78 is 6.60. The van der Waals surface area contributed by atoms with Crippen LogP contribution in [0.4, 0.5) is 17.1 Å². The molecule has 0 atom stereocenters. The predicted octanol–water partition coefficient (Wildman–Crippen LogP) is 16.5. The second-order valence-corrected chi connectivity index (χ2v) is 15.3. The van der Waals surface area contributed by atoms with E-state index in [9.17, 15) is 0 Å². The zero-order valence-electron chi connectivity index (χ0n) is 32.9. The van der Waals surface area contributed by atoms with Gasteiger partial charge in [0.25, 0.3) is 0 Å². The van der Waals surface area contributed by atoms with Gasteiger partial charge in [0.2, 0.25) is 0 Å². The molecule has 0 unspecified atom stereocenters. The number of benzene rings is 10. The Morgan fingerprint density at radius 1 is 0.283 bits per heavy atom. The monoisotopic (exact) mass is 765 g/mol. The molecule has 2 nitrogen and oxygen atoms in total. The van der Waals surface area contributed by atoms with Gasteiger partial charge in [0.1, 0.15) is 11.2 Å². The SMILES string of the molecule is c1ccc(-c2ccc(-c3ccc(N(c4ccc(-c5ccc6cc(-c7ccccc7)c7oc8ccccc8c7c6c5)cc4)c4cccc(-c5ccccc5)c4)cc3)cc2)cc1. The van der Waals surface area contributed by atoms with Gasteiger partial charge in [0.15, 0.2) is 0 Å². The van der Waals surface area contributed by atoms with Gasteiger partial charge in [0.05, 0.1) is 0 Å². The molecule has 11 aromatic rings. The van der Waals surface area contributed by atoms with Crippen molar-refractivity contribution in [2.24, 2.45) is 0 Å². The molecule has 0 aliphatic rings. The van der Waals surface area contributed by atoms with Gasteiger partial charge in [-0.25, -0.2) is 0 Å². The van der Waals surface area contributed by atoms with Crippen LogP contribution in [0.1, 0.15) is 0 Å². The molecule has 60 heavy (non-hydrogen) atoms. The minimum absolute atomic E-state index is 0.900. The Morgan fingerprint density at radius 3 is 1.35 bits per heavy atom. The molecule has 0 aliphatic carbocycles. The molecule has 1 heterocycles. The molecule has 0 aliphatic heterocycles. The Morgan fingerprint density at radius 2 is 0.733 bits per heavy atom. The Balaban J connectivity index is 0.978. The number of para-hydroxylation sites is 1. The van der Waals surface area contributed by atoms with Crippen LogP contribution in [0.15, 0.2) is 241 Å². The lowest BCUT2D eigenvalue weighted by Gasteiger charge is -2.26. The summed E-state index contributed by atoms with van der Waals surface area (Å²) in [6.07, 6.45) is 0. The van der Waals surface area contributed by atoms with Crippen LogP contribution >= 0.6 is 0 Å². The minimum atomic E-state index is 0.900. The van der Waals surface area contributed by atoms with Crippen molar-refractivity contribution in [1.82, 2.24) is 0 Å². The Bertz CT molecular complexity index is 3260. The lowest BCUT2D eigenvalue weighted by Crippen LogP contribution is -2.10. The second-order valence-electron chi connectivity index (χ2n) is 15.3. The molecule has 0 fully saturated rings. The number of fused-ring (bicyclic) bond motifs is 5. The Hall–Kier alpha value is -7.94. The highest BCUT2D eigenvalue weighted by Crippen LogP contribution is 2.43. The zero-order chi connectivity index (χ0) is 39.8. The van der Waals surface area contributed by atoms with Gasteiger partial charge >= 0.3 is 0 Å². The van der Waals surface area contributed by atoms with Crippen LogP contribution in [-0.4, -0.2) is 0 Å². The van der Waals surface area contributed by atoms with E-state index >= 15 is 0 Å². The molecule has 10 aromatic carbocycles. The first-order chi connectivity index (χ1) is 29.7. The molecular formula is C58H39NO. The molecule has 1 aromatic heterocycles. The first-order valence-electron chi connectivity index (χ1n) is 20.5. The molecule has 0 radical (unpaired) electrons. The third kappa shape index (κ3) is 6.51. The van der Waals surface area contributed by atoms with Crippen molar-refractivity contribution in [2.75, 3.05) is 4.90 Å². The maximum Gasteiger partial charge on any atom is 0.143 e. The Labute approximate surface area is 349 Å². The van der Waals surface area contributed by atoms with E-state index < -0.39 is 0 Å². The van der Waals surface area contributed by atoms with Crippen LogP contribution in [-0.2, 0) is 0 Å². The van der Waals surface area contributed by atoms with Gasteiger partial charge in [-0.05, 0) is 115 Å². The average molecular weight is 766 g/mol. The van der Waals surface area contributed by atoms with Crippen molar-refractivity contribution >= 4 is 49.8 Å². The van der Waals surface area contributed by atoms with Crippen LogP contribution in [0.3, 0.4) is 0 Å². The molecule has 282 valence electrons. The first-order valence-corrected chi connectivity index (χ1v) is 20.5. The van der Waals surface area contributed by atoms with E-state index in [0.717, 1.165) is 61.3 Å². The molecule has 0 spiro atoms. The van der Waals surface area contributed by atoms with Gasteiger partial charge in [-0.2, -0.15) is 0 Å². The van der Waals surface area contributed by atoms with Gasteiger partial charge in [-0.3, -0.25) is 0 Å². The summed E-state index contributed by atoms with van der Waals surface area (Å²) >= 11 is 0. The van der Waals surface area contributed by atoms with E-state index in [-0.39, 0.29) is 0 Å². The van der Waals surface area contributed by atoms with E-state index in [1.54, 1.807) is 0 Å². The maximum absolute atomic E-state index is 6.60. The molecule has 11 rings (SSSR count). The summed E-state index contributed by atoms with van der Waals surface area (Å²) in [5.74, 6) is 0. The van der Waals surface area contributed by atoms with Crippen molar-refractivity contribution < 1.29 is 4.42 Å². The summed E-state index contributed by atoms with van der Waals surface area (Å²) in [4.78, 5) is 2.35. The summed E-state index contributed by atoms with van der Waals surface area (Å²) in [5.41, 5.74) is 16.8. The van der Waals surface area contributed by atoms with Gasteiger partial charge in [-0.15, -0.1) is 0 Å². The number of anilines is 3. The molecule has 0 saturated carbocycles. The van der Waals surface area contributed by atoms with Crippen molar-refractivity contribution in [3.05, 3.63) is 237 Å². The minimum Gasteiger partial charge on any atom is -0.455 e. The molecule has 0 amide bonds. The summed E-state index contributed by atoms with van der Waals surface area (Å²) in [7, 11) is 0. The maximum atomic E-state index is 6.60. The van der Waals surface area contributed by atoms with Crippen molar-refractivity contribution in [3.8, 4) is 55.6 Å². The fraction of sp³-hybridized carbons (Fsp3) is 0. The molecule has 0 N–H and O–H groups in total. The average Bonchev–Trinajstić information content (AvgIpc) is 3.73. The van der Waals surface area contributed by atoms with Crippen LogP contribution in [0.5, 0.6) is 0 Å². The van der Waals surface area contributed by atoms with E-state index in [1.165, 1.54) is 44.2 Å². The number of nitrogens with zero attached hydrogens (tertiary/aromatic N) is 1. The lowest BCUT2D eigenvalue weighted by atomic mass is 9.94. The van der Waals surface area contributed by atoms with Gasteiger partial charge in [-0.1, -0.05) is 182 Å². The third-order valence-electron chi connectivity index (χ3n) is 11.7. The van der Waals surface area contributed by atoms with Gasteiger partial charge < -0.3 is 9.32 Å². The number of rotatable bonds is 8. The summed E-state index contributed by atoms with van der Waals surface area (Å²) in [5, 5.41) is 4.66. The first kappa shape index (κ1) is 35.2. The quantitative estimate of drug-likeness (QED) is 0.153. The van der Waals surface area contributed by atoms with E-state index in [1.807, 2.05) is 6.07 Å². The summed E-state index contributed by atoms with van der Waals surface area (Å²) in [6.45, 7) is 0. The highest BCUT2D eigenvalue weighted by Gasteiger charge is 2.18. The fourth-order valence-corrected chi connectivity index (χ4v) is 8.63. The van der Waals surface area contributed by atoms with Gasteiger partial charge in [0, 0.05) is 33.4 Å². The molecule has 0 bridgehead atoms. The standard InChI is InChI=1S/C58H39NO/c1-4-13-40(14-5-1)42-23-25-43(26-24-42)44-29-33-50(34-30-44)59(52-20-12-19-47(37-52)41-15-6-2-7-16-41)51-35-31-45(32-36-51)48-27-28-49-39-55(46-17-8-3-9-18-46)58-57(54(49)38-48)53-21-10-11-22-56(53)60-58/h1-39H. The second kappa shape index (κ2) is 15.1. The molecular weight excluding hydrogens is 727 g/mol. The van der Waals surface area contributed by atoms with Crippen LogP contribution in [0.2, 0.25) is 0 Å². The summed E-state index contributed by atoms with van der Waals surface area (Å²) in [6, 6.07) is 84.7. The largest absolute Gasteiger partial charge is 0.455 e. The lowest BCUT2D eigenvalue weighted by molar-refractivity contribution is 0.670. The van der Waals surface area contributed by atoms with Crippen LogP contribution < -0.4 is 4.90 Å². The number of hydrogen-bond acceptors (Lipinski definition) is 2. The van der Waals surface area contributed by atoms with Crippen molar-refractivity contribution in [3.63, 3.8) is 0 Å². The van der Waals surface area contributed by atoms with Crippen molar-refractivity contribution in [1.29, 1.82) is 0 Å². The fourth-order valence-electron chi connectivity index (χ4n) is 8.63. The predicted molar refractivity (Wildman–Crippen MR) is 253 cm³/mol. The number of furan rings is 1. The normalized spacial score (nSPS) is 11.3. The van der Waals surface area contributed by atoms with Crippen molar-refractivity contribution in [2.45, 2.75) is 0 Å². The van der Waals surface area contributed by atoms with E-state index in [0.29, 0.717) is 0 Å². The zero-order valence-corrected chi connectivity index (χ0v) is 32.9. The smallest absolute Gasteiger partial charge is 0.143 e.